The predicted molar refractivity (Wildman–Crippen MR) is 77.4 cm³/mol. The summed E-state index contributed by atoms with van der Waals surface area (Å²) in [6, 6.07) is 9.81. The molecule has 2 aromatic rings. The third-order valence-corrected chi connectivity index (χ3v) is 3.48. The highest BCUT2D eigenvalue weighted by molar-refractivity contribution is 5.61. The molecule has 3 rings (SSSR count). The summed E-state index contributed by atoms with van der Waals surface area (Å²) in [6.07, 6.45) is -3.67. The largest absolute Gasteiger partial charge is 0.433 e. The van der Waals surface area contributed by atoms with Crippen molar-refractivity contribution in [2.24, 2.45) is 0 Å². The molecule has 116 valence electrons. The van der Waals surface area contributed by atoms with E-state index >= 15 is 0 Å². The second kappa shape index (κ2) is 5.92. The fourth-order valence-corrected chi connectivity index (χ4v) is 2.37. The van der Waals surface area contributed by atoms with Crippen molar-refractivity contribution in [2.45, 2.75) is 18.6 Å². The van der Waals surface area contributed by atoms with E-state index < -0.39 is 11.9 Å². The zero-order valence-electron chi connectivity index (χ0n) is 11.7. The van der Waals surface area contributed by atoms with Crippen LogP contribution in [0.25, 0.3) is 11.3 Å². The van der Waals surface area contributed by atoms with Gasteiger partial charge in [-0.05, 0) is 19.0 Å². The fraction of sp³-hybridized carbons (Fsp3) is 0.333. The van der Waals surface area contributed by atoms with E-state index in [-0.39, 0.29) is 17.7 Å². The van der Waals surface area contributed by atoms with Gasteiger partial charge in [0.15, 0.2) is 5.69 Å². The van der Waals surface area contributed by atoms with Crippen LogP contribution in [0.1, 0.15) is 12.1 Å². The summed E-state index contributed by atoms with van der Waals surface area (Å²) in [7, 11) is 0. The van der Waals surface area contributed by atoms with Crippen molar-refractivity contribution >= 4 is 5.95 Å². The Morgan fingerprint density at radius 1 is 1.14 bits per heavy atom. The van der Waals surface area contributed by atoms with Gasteiger partial charge in [0, 0.05) is 18.2 Å². The van der Waals surface area contributed by atoms with Gasteiger partial charge in [-0.1, -0.05) is 30.3 Å². The summed E-state index contributed by atoms with van der Waals surface area (Å²) < 4.78 is 39.1. The molecule has 7 heteroatoms. The molecule has 0 aliphatic carbocycles. The van der Waals surface area contributed by atoms with Crippen LogP contribution >= 0.6 is 0 Å². The lowest BCUT2D eigenvalue weighted by Crippen LogP contribution is -2.24. The molecule has 1 aromatic heterocycles. The first-order valence-corrected chi connectivity index (χ1v) is 7.01. The van der Waals surface area contributed by atoms with Crippen LogP contribution in [0.4, 0.5) is 19.1 Å². The van der Waals surface area contributed by atoms with Gasteiger partial charge >= 0.3 is 6.18 Å². The van der Waals surface area contributed by atoms with Crippen molar-refractivity contribution in [1.82, 2.24) is 15.3 Å². The smallest absolute Gasteiger partial charge is 0.350 e. The number of nitrogens with zero attached hydrogens (tertiary/aromatic N) is 2. The standard InChI is InChI=1S/C15H15F3N4/c16-15(17,18)13-8-12(10-4-2-1-3-5-10)21-14(22-13)20-11-6-7-19-9-11/h1-5,8,11,19H,6-7,9H2,(H,20,21,22). The van der Waals surface area contributed by atoms with Gasteiger partial charge < -0.3 is 10.6 Å². The predicted octanol–water partition coefficient (Wildman–Crippen LogP) is 2.94. The number of alkyl halides is 3. The summed E-state index contributed by atoms with van der Waals surface area (Å²) in [5, 5.41) is 6.12. The number of benzene rings is 1. The molecule has 1 saturated heterocycles. The lowest BCUT2D eigenvalue weighted by Gasteiger charge is -2.15. The Hall–Kier alpha value is -2.15. The van der Waals surface area contributed by atoms with Gasteiger partial charge in [0.2, 0.25) is 5.95 Å². The van der Waals surface area contributed by atoms with E-state index in [1.54, 1.807) is 30.3 Å². The molecule has 4 nitrogen and oxygen atoms in total. The molecule has 1 fully saturated rings. The Balaban J connectivity index is 1.98. The lowest BCUT2D eigenvalue weighted by molar-refractivity contribution is -0.141. The molecule has 2 N–H and O–H groups in total. The molecule has 1 atom stereocenters. The van der Waals surface area contributed by atoms with Crippen LogP contribution in [0.2, 0.25) is 0 Å². The van der Waals surface area contributed by atoms with E-state index in [9.17, 15) is 13.2 Å². The second-order valence-electron chi connectivity index (χ2n) is 5.16. The molecule has 0 amide bonds. The van der Waals surface area contributed by atoms with Crippen LogP contribution in [0.5, 0.6) is 0 Å². The first-order chi connectivity index (χ1) is 10.5. The Morgan fingerprint density at radius 2 is 1.91 bits per heavy atom. The van der Waals surface area contributed by atoms with E-state index in [1.165, 1.54) is 0 Å². The van der Waals surface area contributed by atoms with Crippen LogP contribution < -0.4 is 10.6 Å². The van der Waals surface area contributed by atoms with Crippen molar-refractivity contribution in [1.29, 1.82) is 0 Å². The number of rotatable bonds is 3. The van der Waals surface area contributed by atoms with E-state index in [2.05, 4.69) is 20.6 Å². The highest BCUT2D eigenvalue weighted by Gasteiger charge is 2.34. The molecular formula is C15H15F3N4. The zero-order valence-corrected chi connectivity index (χ0v) is 11.7. The normalized spacial score (nSPS) is 18.4. The maximum Gasteiger partial charge on any atom is 0.433 e. The minimum absolute atomic E-state index is 0.0161. The molecule has 1 unspecified atom stereocenters. The number of nitrogens with one attached hydrogen (secondary N) is 2. The van der Waals surface area contributed by atoms with E-state index in [0.717, 1.165) is 19.0 Å². The van der Waals surface area contributed by atoms with Gasteiger partial charge in [0.05, 0.1) is 5.69 Å². The maximum absolute atomic E-state index is 13.0. The highest BCUT2D eigenvalue weighted by Crippen LogP contribution is 2.31. The van der Waals surface area contributed by atoms with Crippen LogP contribution in [0.15, 0.2) is 36.4 Å². The summed E-state index contributed by atoms with van der Waals surface area (Å²) in [6.45, 7) is 1.53. The van der Waals surface area contributed by atoms with Crippen LogP contribution in [-0.4, -0.2) is 29.1 Å². The second-order valence-corrected chi connectivity index (χ2v) is 5.16. The van der Waals surface area contributed by atoms with Gasteiger partial charge in [-0.3, -0.25) is 0 Å². The third kappa shape index (κ3) is 3.36. The van der Waals surface area contributed by atoms with Gasteiger partial charge in [-0.25, -0.2) is 9.97 Å². The molecule has 0 radical (unpaired) electrons. The molecule has 1 aliphatic rings. The Morgan fingerprint density at radius 3 is 2.55 bits per heavy atom. The Kier molecular flexibility index (Phi) is 3.98. The summed E-state index contributed by atoms with van der Waals surface area (Å²) in [4.78, 5) is 7.85. The topological polar surface area (TPSA) is 49.8 Å². The summed E-state index contributed by atoms with van der Waals surface area (Å²) in [5.74, 6) is 0.0161. The Bertz CT molecular complexity index is 637. The molecule has 2 heterocycles. The van der Waals surface area contributed by atoms with Crippen LogP contribution in [0, 0.1) is 0 Å². The maximum atomic E-state index is 13.0. The molecular weight excluding hydrogens is 293 g/mol. The number of hydrogen-bond donors (Lipinski definition) is 2. The van der Waals surface area contributed by atoms with Crippen molar-refractivity contribution in [3.8, 4) is 11.3 Å². The summed E-state index contributed by atoms with van der Waals surface area (Å²) in [5.41, 5.74) is -0.0470. The SMILES string of the molecule is FC(F)(F)c1cc(-c2ccccc2)nc(NC2CCNC2)n1. The highest BCUT2D eigenvalue weighted by atomic mass is 19.4. The van der Waals surface area contributed by atoms with Crippen molar-refractivity contribution in [3.63, 3.8) is 0 Å². The molecule has 22 heavy (non-hydrogen) atoms. The molecule has 0 saturated carbocycles. The van der Waals surface area contributed by atoms with E-state index in [4.69, 9.17) is 0 Å². The number of halogens is 3. The van der Waals surface area contributed by atoms with Gasteiger partial charge in [-0.15, -0.1) is 0 Å². The van der Waals surface area contributed by atoms with Crippen LogP contribution in [0.3, 0.4) is 0 Å². The quantitative estimate of drug-likeness (QED) is 0.915. The van der Waals surface area contributed by atoms with E-state index in [1.807, 2.05) is 0 Å². The molecule has 1 aromatic carbocycles. The molecule has 0 spiro atoms. The molecule has 0 bridgehead atoms. The average Bonchev–Trinajstić information content (AvgIpc) is 3.00. The van der Waals surface area contributed by atoms with Crippen molar-refractivity contribution in [2.75, 3.05) is 18.4 Å². The zero-order chi connectivity index (χ0) is 15.6. The van der Waals surface area contributed by atoms with Crippen molar-refractivity contribution in [3.05, 3.63) is 42.1 Å². The van der Waals surface area contributed by atoms with Gasteiger partial charge in [0.25, 0.3) is 0 Å². The van der Waals surface area contributed by atoms with Gasteiger partial charge in [-0.2, -0.15) is 13.2 Å². The minimum atomic E-state index is -4.50. The monoisotopic (exact) mass is 308 g/mol. The first-order valence-electron chi connectivity index (χ1n) is 7.01. The lowest BCUT2D eigenvalue weighted by atomic mass is 10.1. The number of anilines is 1. The first kappa shape index (κ1) is 14.8. The van der Waals surface area contributed by atoms with E-state index in [0.29, 0.717) is 12.1 Å². The average molecular weight is 308 g/mol. The minimum Gasteiger partial charge on any atom is -0.350 e. The number of aromatic nitrogens is 2. The third-order valence-electron chi connectivity index (χ3n) is 3.48. The van der Waals surface area contributed by atoms with Crippen LogP contribution in [-0.2, 0) is 6.18 Å². The fourth-order valence-electron chi connectivity index (χ4n) is 2.37. The molecule has 1 aliphatic heterocycles. The number of hydrogen-bond acceptors (Lipinski definition) is 4. The summed E-state index contributed by atoms with van der Waals surface area (Å²) >= 11 is 0. The van der Waals surface area contributed by atoms with Crippen molar-refractivity contribution < 1.29 is 13.2 Å². The Labute approximate surface area is 125 Å². The van der Waals surface area contributed by atoms with Gasteiger partial charge in [0.1, 0.15) is 0 Å².